The molecule has 7 nitrogen and oxygen atoms in total. The third-order valence-electron chi connectivity index (χ3n) is 3.89. The Kier molecular flexibility index (Phi) is 5.82. The monoisotopic (exact) mass is 398 g/mol. The van der Waals surface area contributed by atoms with E-state index in [1.54, 1.807) is 6.07 Å². The first-order valence-corrected chi connectivity index (χ1v) is 8.30. The second-order valence-electron chi connectivity index (χ2n) is 5.57. The first-order valence-electron chi connectivity index (χ1n) is 7.51. The third kappa shape index (κ3) is 4.05. The number of ether oxygens (including phenoxy) is 1. The lowest BCUT2D eigenvalue weighted by atomic mass is 9.99. The molecule has 0 bridgehead atoms. The molecule has 2 unspecified atom stereocenters. The fraction of sp³-hybridized carbons (Fsp3) is 0.438. The topological polar surface area (TPSA) is 95.9 Å². The van der Waals surface area contributed by atoms with Crippen molar-refractivity contribution in [3.63, 3.8) is 0 Å². The molecule has 0 spiro atoms. The van der Waals surface area contributed by atoms with E-state index < -0.39 is 17.9 Å². The average molecular weight is 399 g/mol. The smallest absolute Gasteiger partial charge is 0.326 e. The number of carbonyl (C=O) groups excluding carboxylic acids is 2. The summed E-state index contributed by atoms with van der Waals surface area (Å²) >= 11 is 3.37. The van der Waals surface area contributed by atoms with Crippen molar-refractivity contribution in [2.75, 3.05) is 19.7 Å². The fourth-order valence-electron chi connectivity index (χ4n) is 2.57. The van der Waals surface area contributed by atoms with Crippen LogP contribution < -0.4 is 10.1 Å². The largest absolute Gasteiger partial charge is 0.492 e. The van der Waals surface area contributed by atoms with Crippen molar-refractivity contribution in [2.24, 2.45) is 0 Å². The molecule has 130 valence electrons. The van der Waals surface area contributed by atoms with Crippen LogP contribution in [0.15, 0.2) is 22.7 Å². The highest BCUT2D eigenvalue weighted by molar-refractivity contribution is 9.10. The van der Waals surface area contributed by atoms with Crippen LogP contribution in [0.3, 0.4) is 0 Å². The predicted molar refractivity (Wildman–Crippen MR) is 89.9 cm³/mol. The lowest BCUT2D eigenvalue weighted by Crippen LogP contribution is -2.48. The van der Waals surface area contributed by atoms with Crippen LogP contribution in [0.5, 0.6) is 5.75 Å². The van der Waals surface area contributed by atoms with Gasteiger partial charge < -0.3 is 20.1 Å². The fourth-order valence-corrected chi connectivity index (χ4v) is 2.95. The summed E-state index contributed by atoms with van der Waals surface area (Å²) in [4.78, 5) is 36.5. The van der Waals surface area contributed by atoms with Gasteiger partial charge >= 0.3 is 5.97 Å². The predicted octanol–water partition coefficient (Wildman–Crippen LogP) is 1.36. The maximum absolute atomic E-state index is 12.9. The van der Waals surface area contributed by atoms with Crippen LogP contribution in [-0.4, -0.2) is 53.5 Å². The molecular formula is C16H19BrN2O5. The highest BCUT2D eigenvalue weighted by atomic mass is 79.9. The van der Waals surface area contributed by atoms with Crippen molar-refractivity contribution >= 4 is 33.7 Å². The third-order valence-corrected chi connectivity index (χ3v) is 4.38. The molecule has 1 heterocycles. The lowest BCUT2D eigenvalue weighted by molar-refractivity contribution is -0.150. The molecule has 1 aromatic carbocycles. The molecule has 1 aliphatic rings. The van der Waals surface area contributed by atoms with Crippen molar-refractivity contribution in [2.45, 2.75) is 25.8 Å². The van der Waals surface area contributed by atoms with Crippen LogP contribution in [0.2, 0.25) is 0 Å². The van der Waals surface area contributed by atoms with Gasteiger partial charge in [0.15, 0.2) is 0 Å². The molecule has 0 saturated heterocycles. The van der Waals surface area contributed by atoms with E-state index in [2.05, 4.69) is 21.2 Å². The number of nitrogens with one attached hydrogen (secondary N) is 1. The Hall–Kier alpha value is -2.09. The Morgan fingerprint density at radius 1 is 1.46 bits per heavy atom. The normalized spacial score (nSPS) is 16.7. The quantitative estimate of drug-likeness (QED) is 0.753. The van der Waals surface area contributed by atoms with E-state index >= 15 is 0 Å². The molecule has 0 radical (unpaired) electrons. The van der Waals surface area contributed by atoms with Crippen LogP contribution in [0.1, 0.15) is 25.3 Å². The second kappa shape index (κ2) is 7.65. The van der Waals surface area contributed by atoms with Gasteiger partial charge in [0.05, 0.1) is 0 Å². The summed E-state index contributed by atoms with van der Waals surface area (Å²) in [5, 5.41) is 11.9. The summed E-state index contributed by atoms with van der Waals surface area (Å²) in [7, 11) is 0. The number of fused-ring (bicyclic) bond motifs is 1. The molecule has 0 aliphatic carbocycles. The Balaban J connectivity index is 2.20. The molecule has 2 amide bonds. The van der Waals surface area contributed by atoms with E-state index in [9.17, 15) is 19.5 Å². The summed E-state index contributed by atoms with van der Waals surface area (Å²) < 4.78 is 6.35. The average Bonchev–Trinajstić information content (AvgIpc) is 2.93. The van der Waals surface area contributed by atoms with Crippen LogP contribution in [0.4, 0.5) is 0 Å². The van der Waals surface area contributed by atoms with Crippen molar-refractivity contribution < 1.29 is 24.2 Å². The van der Waals surface area contributed by atoms with Gasteiger partial charge in [0.25, 0.3) is 0 Å². The zero-order valence-corrected chi connectivity index (χ0v) is 15.0. The molecule has 2 atom stereocenters. The first-order chi connectivity index (χ1) is 11.3. The molecule has 0 aromatic heterocycles. The SMILES string of the molecule is CC(=O)NCCN(C(=O)C1COc2ccc(Br)cc21)C(C)C(=O)O. The van der Waals surface area contributed by atoms with E-state index in [0.717, 1.165) is 10.0 Å². The summed E-state index contributed by atoms with van der Waals surface area (Å²) in [6, 6.07) is 4.40. The Morgan fingerprint density at radius 2 is 2.17 bits per heavy atom. The van der Waals surface area contributed by atoms with Gasteiger partial charge in [-0.3, -0.25) is 9.59 Å². The number of hydrogen-bond acceptors (Lipinski definition) is 4. The molecular weight excluding hydrogens is 380 g/mol. The number of benzene rings is 1. The van der Waals surface area contributed by atoms with Crippen molar-refractivity contribution in [1.29, 1.82) is 0 Å². The Morgan fingerprint density at radius 3 is 2.79 bits per heavy atom. The van der Waals surface area contributed by atoms with Gasteiger partial charge in [0.1, 0.15) is 24.3 Å². The van der Waals surface area contributed by atoms with Gasteiger partial charge in [-0.05, 0) is 25.1 Å². The summed E-state index contributed by atoms with van der Waals surface area (Å²) in [6.45, 7) is 3.30. The van der Waals surface area contributed by atoms with Crippen molar-refractivity contribution in [3.8, 4) is 5.75 Å². The summed E-state index contributed by atoms with van der Waals surface area (Å²) in [6.07, 6.45) is 0. The van der Waals surface area contributed by atoms with Crippen LogP contribution in [-0.2, 0) is 14.4 Å². The molecule has 0 saturated carbocycles. The minimum absolute atomic E-state index is 0.117. The van der Waals surface area contributed by atoms with Crippen LogP contribution in [0, 0.1) is 0 Å². The molecule has 1 aliphatic heterocycles. The first kappa shape index (κ1) is 18.3. The van der Waals surface area contributed by atoms with Crippen molar-refractivity contribution in [1.82, 2.24) is 10.2 Å². The van der Waals surface area contributed by atoms with E-state index in [-0.39, 0.29) is 31.5 Å². The number of carbonyl (C=O) groups is 3. The van der Waals surface area contributed by atoms with Gasteiger partial charge in [-0.15, -0.1) is 0 Å². The lowest BCUT2D eigenvalue weighted by Gasteiger charge is -2.28. The number of hydrogen-bond donors (Lipinski definition) is 2. The van der Waals surface area contributed by atoms with E-state index in [4.69, 9.17) is 4.74 Å². The zero-order chi connectivity index (χ0) is 17.9. The van der Waals surface area contributed by atoms with E-state index in [1.807, 2.05) is 12.1 Å². The van der Waals surface area contributed by atoms with Gasteiger partial charge in [-0.2, -0.15) is 0 Å². The summed E-state index contributed by atoms with van der Waals surface area (Å²) in [5.41, 5.74) is 0.733. The number of nitrogens with zero attached hydrogens (tertiary/aromatic N) is 1. The molecule has 2 N–H and O–H groups in total. The summed E-state index contributed by atoms with van der Waals surface area (Å²) in [5.74, 6) is -1.59. The number of aliphatic carboxylic acids is 1. The van der Waals surface area contributed by atoms with Gasteiger partial charge in [0.2, 0.25) is 11.8 Å². The van der Waals surface area contributed by atoms with Gasteiger partial charge in [-0.25, -0.2) is 4.79 Å². The van der Waals surface area contributed by atoms with E-state index in [1.165, 1.54) is 18.7 Å². The molecule has 2 rings (SSSR count). The molecule has 1 aromatic rings. The Bertz CT molecular complexity index is 664. The highest BCUT2D eigenvalue weighted by Gasteiger charge is 2.36. The Labute approximate surface area is 148 Å². The minimum Gasteiger partial charge on any atom is -0.492 e. The molecule has 8 heteroatoms. The number of rotatable bonds is 6. The standard InChI is InChI=1S/C16H19BrN2O5/c1-9(16(22)23)19(6-5-18-10(2)20)15(21)13-8-24-14-4-3-11(17)7-12(13)14/h3-4,7,9,13H,5-6,8H2,1-2H3,(H,18,20)(H,22,23). The van der Waals surface area contributed by atoms with Crippen LogP contribution in [0.25, 0.3) is 0 Å². The number of carboxylic acid groups (broad SMARTS) is 1. The molecule has 24 heavy (non-hydrogen) atoms. The van der Waals surface area contributed by atoms with Gasteiger partial charge in [-0.1, -0.05) is 15.9 Å². The maximum atomic E-state index is 12.9. The number of carboxylic acids is 1. The number of halogens is 1. The van der Waals surface area contributed by atoms with E-state index in [0.29, 0.717) is 5.75 Å². The van der Waals surface area contributed by atoms with Gasteiger partial charge in [0, 0.05) is 30.0 Å². The van der Waals surface area contributed by atoms with Crippen LogP contribution >= 0.6 is 15.9 Å². The minimum atomic E-state index is -1.10. The number of amides is 2. The maximum Gasteiger partial charge on any atom is 0.326 e. The molecule has 0 fully saturated rings. The zero-order valence-electron chi connectivity index (χ0n) is 13.4. The second-order valence-corrected chi connectivity index (χ2v) is 6.49. The van der Waals surface area contributed by atoms with Crippen molar-refractivity contribution in [3.05, 3.63) is 28.2 Å². The highest BCUT2D eigenvalue weighted by Crippen LogP contribution is 2.37.